The summed E-state index contributed by atoms with van der Waals surface area (Å²) in [7, 11) is 0. The van der Waals surface area contributed by atoms with Crippen LogP contribution in [0, 0.1) is 11.3 Å². The Bertz CT molecular complexity index is 644. The molecule has 2 atom stereocenters. The largest absolute Gasteiger partial charge is 0.434 e. The minimum absolute atomic E-state index is 0.0935. The molecule has 3 N–H and O–H groups in total. The maximum Gasteiger partial charge on any atom is 0.427 e. The summed E-state index contributed by atoms with van der Waals surface area (Å²) in [5, 5.41) is 18.1. The minimum Gasteiger partial charge on any atom is -0.434 e. The minimum atomic E-state index is -4.87. The summed E-state index contributed by atoms with van der Waals surface area (Å²) in [6.45, 7) is -0.683. The molecule has 2 fully saturated rings. The number of halogens is 6. The average Bonchev–Trinajstić information content (AvgIpc) is 3.04. The van der Waals surface area contributed by atoms with Gasteiger partial charge in [-0.05, 0) is 19.3 Å². The molecule has 0 bridgehead atoms. The molecule has 0 aromatic carbocycles. The van der Waals surface area contributed by atoms with Crippen molar-refractivity contribution in [3.63, 3.8) is 0 Å². The van der Waals surface area contributed by atoms with Crippen molar-refractivity contribution < 1.29 is 45.7 Å². The second kappa shape index (κ2) is 9.41. The molecule has 0 radical (unpaired) electrons. The van der Waals surface area contributed by atoms with Crippen LogP contribution in [-0.2, 0) is 9.47 Å². The van der Waals surface area contributed by atoms with E-state index in [1.54, 1.807) is 0 Å². The van der Waals surface area contributed by atoms with Gasteiger partial charge < -0.3 is 30.2 Å². The Morgan fingerprint density at radius 2 is 1.93 bits per heavy atom. The molecule has 1 spiro atoms. The molecule has 2 aliphatic heterocycles. The molecule has 13 heteroatoms. The van der Waals surface area contributed by atoms with Gasteiger partial charge in [0, 0.05) is 38.0 Å². The number of likely N-dealkylation sites (tertiary alicyclic amines) is 1. The number of amides is 1. The molecule has 0 saturated carbocycles. The van der Waals surface area contributed by atoms with Gasteiger partial charge in [0.1, 0.15) is 0 Å². The SMILES string of the molecule is N=C/C(=C\NCC1COC2(CCN(C(=O)O[C@H](CO)C(F)(F)F)CC2)C1)C(F)(F)F. The Kier molecular flexibility index (Phi) is 7.61. The van der Waals surface area contributed by atoms with Gasteiger partial charge in [-0.3, -0.25) is 0 Å². The molecule has 0 aromatic rings. The van der Waals surface area contributed by atoms with E-state index in [1.165, 1.54) is 0 Å². The maximum absolute atomic E-state index is 12.6. The smallest absolute Gasteiger partial charge is 0.427 e. The lowest BCUT2D eigenvalue weighted by Gasteiger charge is -2.38. The van der Waals surface area contributed by atoms with Crippen LogP contribution in [-0.4, -0.2) is 79.2 Å². The number of piperidine rings is 1. The van der Waals surface area contributed by atoms with Gasteiger partial charge in [-0.1, -0.05) is 0 Å². The van der Waals surface area contributed by atoms with Crippen LogP contribution >= 0.6 is 0 Å². The van der Waals surface area contributed by atoms with E-state index in [4.69, 9.17) is 15.3 Å². The number of ether oxygens (including phenoxy) is 2. The van der Waals surface area contributed by atoms with E-state index in [9.17, 15) is 31.1 Å². The molecule has 1 unspecified atom stereocenters. The number of nitrogens with one attached hydrogen (secondary N) is 2. The number of alkyl halides is 6. The lowest BCUT2D eigenvalue weighted by molar-refractivity contribution is -0.215. The van der Waals surface area contributed by atoms with Crippen molar-refractivity contribution in [1.82, 2.24) is 10.2 Å². The first-order valence-corrected chi connectivity index (χ1v) is 9.18. The number of rotatable bonds is 6. The van der Waals surface area contributed by atoms with Crippen LogP contribution in [0.1, 0.15) is 19.3 Å². The second-order valence-corrected chi connectivity index (χ2v) is 7.30. The van der Waals surface area contributed by atoms with Crippen molar-refractivity contribution >= 4 is 12.3 Å². The van der Waals surface area contributed by atoms with Crippen molar-refractivity contribution in [3.05, 3.63) is 11.8 Å². The Balaban J connectivity index is 1.81. The summed E-state index contributed by atoms with van der Waals surface area (Å²) in [5.41, 5.74) is -1.70. The van der Waals surface area contributed by atoms with Crippen molar-refractivity contribution in [2.24, 2.45) is 5.92 Å². The van der Waals surface area contributed by atoms with E-state index >= 15 is 0 Å². The topological polar surface area (TPSA) is 94.9 Å². The monoisotopic (exact) mass is 447 g/mol. The summed E-state index contributed by atoms with van der Waals surface area (Å²) in [5.74, 6) is -0.0935. The molecule has 2 rings (SSSR count). The number of hydrogen-bond donors (Lipinski definition) is 3. The lowest BCUT2D eigenvalue weighted by Crippen LogP contribution is -2.49. The van der Waals surface area contributed by atoms with E-state index in [0.717, 1.165) is 11.1 Å². The summed E-state index contributed by atoms with van der Waals surface area (Å²) < 4.78 is 85.7. The molecule has 172 valence electrons. The Hall–Kier alpha value is -2.02. The van der Waals surface area contributed by atoms with Gasteiger partial charge in [0.05, 0.1) is 24.4 Å². The third kappa shape index (κ3) is 6.24. The van der Waals surface area contributed by atoms with Gasteiger partial charge in [0.25, 0.3) is 0 Å². The van der Waals surface area contributed by atoms with Gasteiger partial charge in [0.2, 0.25) is 6.10 Å². The normalized spacial score (nSPS) is 23.4. The Morgan fingerprint density at radius 1 is 1.30 bits per heavy atom. The zero-order chi connectivity index (χ0) is 22.6. The highest BCUT2D eigenvalue weighted by molar-refractivity contribution is 5.77. The maximum atomic E-state index is 12.6. The summed E-state index contributed by atoms with van der Waals surface area (Å²) >= 11 is 0. The first kappa shape index (κ1) is 24.3. The first-order valence-electron chi connectivity index (χ1n) is 9.18. The molecular formula is C17H23F6N3O4. The second-order valence-electron chi connectivity index (χ2n) is 7.30. The van der Waals surface area contributed by atoms with Crippen molar-refractivity contribution in [1.29, 1.82) is 5.41 Å². The third-order valence-electron chi connectivity index (χ3n) is 5.14. The number of aliphatic hydroxyl groups excluding tert-OH is 1. The van der Waals surface area contributed by atoms with E-state index < -0.39 is 42.3 Å². The molecule has 2 heterocycles. The standard InChI is InChI=1S/C17H23F6N3O4/c18-16(19,20)12(6-24)8-25-7-11-5-15(29-10-11)1-3-26(4-2-15)14(28)30-13(9-27)17(21,22)23/h6,8,11,13,24-25,27H,1-5,7,9-10H2/b12-8+,24-6?/t11?,13-/m1/s1. The van der Waals surface area contributed by atoms with Crippen LogP contribution in [0.5, 0.6) is 0 Å². The zero-order valence-corrected chi connectivity index (χ0v) is 15.9. The van der Waals surface area contributed by atoms with E-state index in [-0.39, 0.29) is 38.4 Å². The fourth-order valence-electron chi connectivity index (χ4n) is 3.46. The Labute approximate surface area is 168 Å². The van der Waals surface area contributed by atoms with Crippen molar-refractivity contribution in [2.75, 3.05) is 32.8 Å². The molecule has 1 amide bonds. The van der Waals surface area contributed by atoms with Crippen LogP contribution in [0.3, 0.4) is 0 Å². The number of aliphatic hydroxyl groups is 1. The first-order chi connectivity index (χ1) is 13.9. The third-order valence-corrected chi connectivity index (χ3v) is 5.14. The molecule has 2 aliphatic rings. The van der Waals surface area contributed by atoms with Crippen molar-refractivity contribution in [2.45, 2.75) is 43.3 Å². The van der Waals surface area contributed by atoms with Gasteiger partial charge in [-0.25, -0.2) is 4.79 Å². The molecule has 0 aromatic heterocycles. The highest BCUT2D eigenvalue weighted by Gasteiger charge is 2.46. The summed E-state index contributed by atoms with van der Waals surface area (Å²) in [6, 6.07) is 0. The van der Waals surface area contributed by atoms with Crippen LogP contribution < -0.4 is 5.32 Å². The van der Waals surface area contributed by atoms with Gasteiger partial charge in [-0.15, -0.1) is 0 Å². The number of carbonyl (C=O) groups is 1. The highest BCUT2D eigenvalue weighted by atomic mass is 19.4. The molecular weight excluding hydrogens is 424 g/mol. The van der Waals surface area contributed by atoms with Crippen LogP contribution in [0.2, 0.25) is 0 Å². The summed E-state index contributed by atoms with van der Waals surface area (Å²) in [6.07, 6.45) is -11.1. The van der Waals surface area contributed by atoms with E-state index in [2.05, 4.69) is 10.1 Å². The number of allylic oxidation sites excluding steroid dienone is 1. The number of carbonyl (C=O) groups excluding carboxylic acids is 1. The fraction of sp³-hybridized carbons (Fsp3) is 0.765. The van der Waals surface area contributed by atoms with E-state index in [1.807, 2.05) is 0 Å². The summed E-state index contributed by atoms with van der Waals surface area (Å²) in [4.78, 5) is 13.0. The van der Waals surface area contributed by atoms with E-state index in [0.29, 0.717) is 19.3 Å². The molecule has 2 saturated heterocycles. The average molecular weight is 447 g/mol. The van der Waals surface area contributed by atoms with Gasteiger partial charge in [0.15, 0.2) is 0 Å². The van der Waals surface area contributed by atoms with Gasteiger partial charge >= 0.3 is 18.4 Å². The van der Waals surface area contributed by atoms with Crippen LogP contribution in [0.4, 0.5) is 31.1 Å². The fourth-order valence-corrected chi connectivity index (χ4v) is 3.46. The van der Waals surface area contributed by atoms with Crippen molar-refractivity contribution in [3.8, 4) is 0 Å². The van der Waals surface area contributed by atoms with Crippen LogP contribution in [0.15, 0.2) is 11.8 Å². The molecule has 7 nitrogen and oxygen atoms in total. The highest BCUT2D eigenvalue weighted by Crippen LogP contribution is 2.38. The van der Waals surface area contributed by atoms with Crippen LogP contribution in [0.25, 0.3) is 0 Å². The number of hydrogen-bond acceptors (Lipinski definition) is 6. The quantitative estimate of drug-likeness (QED) is 0.430. The lowest BCUT2D eigenvalue weighted by atomic mass is 9.85. The molecule has 30 heavy (non-hydrogen) atoms. The Morgan fingerprint density at radius 3 is 2.43 bits per heavy atom. The van der Waals surface area contributed by atoms with Gasteiger partial charge in [-0.2, -0.15) is 26.3 Å². The predicted octanol–water partition coefficient (Wildman–Crippen LogP) is 2.60. The molecule has 0 aliphatic carbocycles. The number of nitrogens with zero attached hydrogens (tertiary/aromatic N) is 1. The predicted molar refractivity (Wildman–Crippen MR) is 91.9 cm³/mol. The zero-order valence-electron chi connectivity index (χ0n) is 15.9.